The van der Waals surface area contributed by atoms with Crippen LogP contribution in [0.1, 0.15) is 59.1 Å². The lowest BCUT2D eigenvalue weighted by atomic mass is 10.1. The lowest BCUT2D eigenvalue weighted by Crippen LogP contribution is -2.16. The molecule has 3 aromatic rings. The predicted octanol–water partition coefficient (Wildman–Crippen LogP) is 5.10. The van der Waals surface area contributed by atoms with Crippen LogP contribution in [0, 0.1) is 13.8 Å². The van der Waals surface area contributed by atoms with E-state index in [9.17, 15) is 9.59 Å². The van der Waals surface area contributed by atoms with Gasteiger partial charge in [-0.05, 0) is 57.4 Å². The summed E-state index contributed by atoms with van der Waals surface area (Å²) in [4.78, 5) is 25.9. The molecule has 0 saturated carbocycles. The fourth-order valence-corrected chi connectivity index (χ4v) is 4.98. The van der Waals surface area contributed by atoms with Crippen molar-refractivity contribution >= 4 is 40.0 Å². The van der Waals surface area contributed by atoms with E-state index >= 15 is 0 Å². The highest BCUT2D eigenvalue weighted by Crippen LogP contribution is 2.30. The topological polar surface area (TPSA) is 95.3 Å². The number of amides is 1. The van der Waals surface area contributed by atoms with E-state index < -0.39 is 5.97 Å². The van der Waals surface area contributed by atoms with Crippen LogP contribution in [0.15, 0.2) is 29.4 Å². The maximum Gasteiger partial charge on any atom is 0.341 e. The maximum absolute atomic E-state index is 12.6. The Labute approximate surface area is 208 Å². The van der Waals surface area contributed by atoms with Crippen LogP contribution in [0.5, 0.6) is 5.75 Å². The minimum atomic E-state index is -0.433. The molecule has 0 aliphatic carbocycles. The van der Waals surface area contributed by atoms with Gasteiger partial charge in [0.1, 0.15) is 10.8 Å². The number of rotatable bonds is 10. The first-order chi connectivity index (χ1) is 16.2. The molecule has 10 heteroatoms. The van der Waals surface area contributed by atoms with Crippen molar-refractivity contribution in [1.29, 1.82) is 0 Å². The molecule has 2 aromatic heterocycles. The Kier molecular flexibility index (Phi) is 8.73. The number of benzene rings is 1. The van der Waals surface area contributed by atoms with Gasteiger partial charge in [0.25, 0.3) is 0 Å². The van der Waals surface area contributed by atoms with Crippen molar-refractivity contribution in [3.8, 4) is 5.75 Å². The number of carbonyl (C=O) groups is 2. The quantitative estimate of drug-likeness (QED) is 0.304. The molecule has 0 saturated heterocycles. The second-order valence-corrected chi connectivity index (χ2v) is 9.80. The smallest absolute Gasteiger partial charge is 0.341 e. The molecule has 0 spiro atoms. The summed E-state index contributed by atoms with van der Waals surface area (Å²) in [6, 6.07) is 7.72. The number of aryl methyl sites for hydroxylation is 2. The van der Waals surface area contributed by atoms with Crippen molar-refractivity contribution in [3.63, 3.8) is 0 Å². The molecule has 1 unspecified atom stereocenters. The van der Waals surface area contributed by atoms with E-state index in [1.54, 1.807) is 13.0 Å². The van der Waals surface area contributed by atoms with Crippen molar-refractivity contribution in [2.24, 2.45) is 7.05 Å². The molecular weight excluding hydrogens is 472 g/mol. The van der Waals surface area contributed by atoms with Gasteiger partial charge in [0, 0.05) is 11.9 Å². The lowest BCUT2D eigenvalue weighted by Gasteiger charge is -2.16. The van der Waals surface area contributed by atoms with Crippen LogP contribution in [0.4, 0.5) is 5.00 Å². The van der Waals surface area contributed by atoms with Gasteiger partial charge in [0.2, 0.25) is 5.91 Å². The van der Waals surface area contributed by atoms with Crippen LogP contribution in [0.3, 0.4) is 0 Å². The summed E-state index contributed by atoms with van der Waals surface area (Å²) in [7, 11) is 1.85. The molecule has 34 heavy (non-hydrogen) atoms. The molecular formula is C24H30N4O4S2. The molecule has 0 fully saturated rings. The Morgan fingerprint density at radius 2 is 2.00 bits per heavy atom. The molecule has 0 aliphatic rings. The summed E-state index contributed by atoms with van der Waals surface area (Å²) in [5.74, 6) is 0.935. The minimum absolute atomic E-state index is 0.125. The van der Waals surface area contributed by atoms with Gasteiger partial charge in [-0.25, -0.2) is 4.79 Å². The van der Waals surface area contributed by atoms with Crippen LogP contribution in [0.2, 0.25) is 0 Å². The third kappa shape index (κ3) is 5.98. The number of ether oxygens (including phenoxy) is 2. The van der Waals surface area contributed by atoms with Gasteiger partial charge in [0.15, 0.2) is 17.1 Å². The van der Waals surface area contributed by atoms with Gasteiger partial charge in [-0.1, -0.05) is 30.8 Å². The van der Waals surface area contributed by atoms with Gasteiger partial charge in [-0.15, -0.1) is 21.5 Å². The fraction of sp³-hybridized carbons (Fsp3) is 0.417. The number of nitrogens with zero attached hydrogens (tertiary/aromatic N) is 3. The third-order valence-electron chi connectivity index (χ3n) is 5.30. The number of hydrogen-bond donors (Lipinski definition) is 1. The first-order valence-corrected chi connectivity index (χ1v) is 12.9. The van der Waals surface area contributed by atoms with Crippen LogP contribution in [-0.2, 0) is 23.0 Å². The molecule has 1 amide bonds. The van der Waals surface area contributed by atoms with E-state index in [1.807, 2.05) is 57.5 Å². The van der Waals surface area contributed by atoms with Gasteiger partial charge >= 0.3 is 5.97 Å². The monoisotopic (exact) mass is 502 g/mol. The summed E-state index contributed by atoms with van der Waals surface area (Å²) >= 11 is 2.66. The van der Waals surface area contributed by atoms with Crippen LogP contribution >= 0.6 is 23.1 Å². The molecule has 0 bridgehead atoms. The Morgan fingerprint density at radius 3 is 2.71 bits per heavy atom. The normalized spacial score (nSPS) is 11.8. The zero-order chi connectivity index (χ0) is 24.8. The van der Waals surface area contributed by atoms with Crippen molar-refractivity contribution in [2.45, 2.75) is 52.3 Å². The number of aromatic nitrogens is 3. The van der Waals surface area contributed by atoms with E-state index in [1.165, 1.54) is 23.1 Å². The first kappa shape index (κ1) is 25.8. The highest BCUT2D eigenvalue weighted by molar-refractivity contribution is 7.99. The highest BCUT2D eigenvalue weighted by Gasteiger charge is 2.21. The van der Waals surface area contributed by atoms with E-state index in [0.29, 0.717) is 21.5 Å². The zero-order valence-corrected chi connectivity index (χ0v) is 21.9. The van der Waals surface area contributed by atoms with Gasteiger partial charge in [0.05, 0.1) is 17.9 Å². The number of hydrogen-bond acceptors (Lipinski definition) is 8. The second-order valence-electron chi connectivity index (χ2n) is 7.72. The van der Waals surface area contributed by atoms with Crippen LogP contribution in [0.25, 0.3) is 0 Å². The first-order valence-electron chi connectivity index (χ1n) is 11.1. The van der Waals surface area contributed by atoms with Crippen molar-refractivity contribution in [1.82, 2.24) is 14.8 Å². The molecule has 0 radical (unpaired) electrons. The second kappa shape index (κ2) is 11.5. The zero-order valence-electron chi connectivity index (χ0n) is 20.3. The number of anilines is 1. The minimum Gasteiger partial charge on any atom is -0.482 e. The Balaban J connectivity index is 1.63. The van der Waals surface area contributed by atoms with Crippen LogP contribution < -0.4 is 10.1 Å². The fourth-order valence-electron chi connectivity index (χ4n) is 3.26. The molecule has 1 aromatic carbocycles. The van der Waals surface area contributed by atoms with Gasteiger partial charge in [-0.3, -0.25) is 4.79 Å². The van der Waals surface area contributed by atoms with Crippen LogP contribution in [-0.4, -0.2) is 39.0 Å². The number of carbonyl (C=O) groups excluding carboxylic acids is 2. The third-order valence-corrected chi connectivity index (χ3v) is 7.52. The van der Waals surface area contributed by atoms with E-state index in [2.05, 4.69) is 15.5 Å². The molecule has 3 rings (SSSR count). The molecule has 2 heterocycles. The SMILES string of the molecule is CCOC(=O)c1cc(CC)sc1NC(=O)CSc1nnc(C(C)Oc2cccc(C)c2C)n1C. The molecule has 182 valence electrons. The largest absolute Gasteiger partial charge is 0.482 e. The number of thiophene rings is 1. The maximum atomic E-state index is 12.6. The van der Waals surface area contributed by atoms with E-state index in [-0.39, 0.29) is 24.4 Å². The highest BCUT2D eigenvalue weighted by atomic mass is 32.2. The summed E-state index contributed by atoms with van der Waals surface area (Å²) in [5.41, 5.74) is 2.64. The molecule has 8 nitrogen and oxygen atoms in total. The predicted molar refractivity (Wildman–Crippen MR) is 135 cm³/mol. The molecule has 1 N–H and O–H groups in total. The van der Waals surface area contributed by atoms with Crippen molar-refractivity contribution in [3.05, 3.63) is 51.7 Å². The Bertz CT molecular complexity index is 1170. The van der Waals surface area contributed by atoms with Gasteiger partial charge < -0.3 is 19.4 Å². The van der Waals surface area contributed by atoms with Crippen molar-refractivity contribution < 1.29 is 19.1 Å². The van der Waals surface area contributed by atoms with Crippen molar-refractivity contribution in [2.75, 3.05) is 17.7 Å². The average Bonchev–Trinajstić information content (AvgIpc) is 3.38. The molecule has 0 aliphatic heterocycles. The lowest BCUT2D eigenvalue weighted by molar-refractivity contribution is -0.113. The molecule has 1 atom stereocenters. The average molecular weight is 503 g/mol. The van der Waals surface area contributed by atoms with E-state index in [4.69, 9.17) is 9.47 Å². The number of esters is 1. The Hall–Kier alpha value is -2.85. The van der Waals surface area contributed by atoms with Gasteiger partial charge in [-0.2, -0.15) is 0 Å². The Morgan fingerprint density at radius 1 is 1.24 bits per heavy atom. The standard InChI is InChI=1S/C24H30N4O4S2/c1-7-17-12-18(23(30)31-8-2)22(34-17)25-20(29)13-33-24-27-26-21(28(24)6)16(5)32-19-11-9-10-14(3)15(19)4/h9-12,16H,7-8,13H2,1-6H3,(H,25,29). The summed E-state index contributed by atoms with van der Waals surface area (Å²) < 4.78 is 13.1. The van der Waals surface area contributed by atoms with E-state index in [0.717, 1.165) is 28.2 Å². The summed E-state index contributed by atoms with van der Waals surface area (Å²) in [6.45, 7) is 10.0. The number of thioether (sulfide) groups is 1. The number of nitrogens with one attached hydrogen (secondary N) is 1. The summed E-state index contributed by atoms with van der Waals surface area (Å²) in [5, 5.41) is 12.5. The summed E-state index contributed by atoms with van der Waals surface area (Å²) in [6.07, 6.45) is 0.457.